The Kier molecular flexibility index (Phi) is 4.58. The molecule has 1 amide bonds. The molecular formula is C16H21N3O4. The van der Waals surface area contributed by atoms with E-state index in [0.29, 0.717) is 19.5 Å². The van der Waals surface area contributed by atoms with E-state index in [-0.39, 0.29) is 24.1 Å². The second-order valence-corrected chi connectivity index (χ2v) is 6.29. The number of aliphatic hydroxyl groups is 1. The zero-order valence-electron chi connectivity index (χ0n) is 13.0. The van der Waals surface area contributed by atoms with E-state index in [2.05, 4.69) is 4.90 Å². The van der Waals surface area contributed by atoms with Gasteiger partial charge in [0.25, 0.3) is 5.69 Å². The highest BCUT2D eigenvalue weighted by Crippen LogP contribution is 2.31. The first-order chi connectivity index (χ1) is 11.1. The minimum absolute atomic E-state index is 0.0243. The van der Waals surface area contributed by atoms with Gasteiger partial charge in [0.05, 0.1) is 11.5 Å². The van der Waals surface area contributed by atoms with Gasteiger partial charge >= 0.3 is 0 Å². The highest BCUT2D eigenvalue weighted by atomic mass is 16.6. The quantitative estimate of drug-likeness (QED) is 0.665. The second kappa shape index (κ2) is 6.64. The number of benzene rings is 1. The molecule has 2 heterocycles. The van der Waals surface area contributed by atoms with E-state index in [1.807, 2.05) is 0 Å². The third kappa shape index (κ3) is 3.35. The van der Waals surface area contributed by atoms with Crippen molar-refractivity contribution in [1.82, 2.24) is 4.90 Å². The molecule has 0 aromatic heterocycles. The highest BCUT2D eigenvalue weighted by Gasteiger charge is 2.28. The van der Waals surface area contributed by atoms with Crippen LogP contribution in [-0.4, -0.2) is 53.6 Å². The molecule has 1 fully saturated rings. The largest absolute Gasteiger partial charge is 0.396 e. The van der Waals surface area contributed by atoms with Crippen LogP contribution in [0.15, 0.2) is 18.2 Å². The van der Waals surface area contributed by atoms with Crippen LogP contribution in [-0.2, 0) is 11.2 Å². The molecule has 3 rings (SSSR count). The first kappa shape index (κ1) is 15.9. The molecular weight excluding hydrogens is 298 g/mol. The molecule has 0 saturated carbocycles. The molecule has 0 radical (unpaired) electrons. The molecule has 7 nitrogen and oxygen atoms in total. The summed E-state index contributed by atoms with van der Waals surface area (Å²) in [4.78, 5) is 26.8. The zero-order chi connectivity index (χ0) is 16.4. The summed E-state index contributed by atoms with van der Waals surface area (Å²) in [6.07, 6.45) is 2.67. The second-order valence-electron chi connectivity index (χ2n) is 6.29. The zero-order valence-corrected chi connectivity index (χ0v) is 13.0. The van der Waals surface area contributed by atoms with Crippen LogP contribution < -0.4 is 4.90 Å². The summed E-state index contributed by atoms with van der Waals surface area (Å²) in [6, 6.07) is 4.68. The Morgan fingerprint density at radius 3 is 2.96 bits per heavy atom. The summed E-state index contributed by atoms with van der Waals surface area (Å²) < 4.78 is 0. The number of nitro groups is 1. The fraction of sp³-hybridized carbons (Fsp3) is 0.562. The van der Waals surface area contributed by atoms with E-state index in [4.69, 9.17) is 0 Å². The van der Waals surface area contributed by atoms with Gasteiger partial charge in [0.2, 0.25) is 5.91 Å². The lowest BCUT2D eigenvalue weighted by molar-refractivity contribution is -0.384. The number of nitrogens with zero attached hydrogens (tertiary/aromatic N) is 3. The number of rotatable bonds is 4. The normalized spacial score (nSPS) is 21.3. The number of likely N-dealkylation sites (tertiary alicyclic amines) is 1. The number of hydrogen-bond acceptors (Lipinski definition) is 5. The van der Waals surface area contributed by atoms with E-state index >= 15 is 0 Å². The Hall–Kier alpha value is -1.99. The monoisotopic (exact) mass is 319 g/mol. The Balaban J connectivity index is 1.67. The molecule has 23 heavy (non-hydrogen) atoms. The Morgan fingerprint density at radius 2 is 2.22 bits per heavy atom. The SMILES string of the molecule is O=C(CN1CCCC(CO)C1)N1CCc2cc([N+](=O)[O-])ccc21. The van der Waals surface area contributed by atoms with Crippen LogP contribution in [0, 0.1) is 16.0 Å². The maximum absolute atomic E-state index is 12.6. The minimum Gasteiger partial charge on any atom is -0.396 e. The summed E-state index contributed by atoms with van der Waals surface area (Å²) in [6.45, 7) is 2.72. The van der Waals surface area contributed by atoms with E-state index in [9.17, 15) is 20.0 Å². The number of carbonyl (C=O) groups is 1. The third-order valence-electron chi connectivity index (χ3n) is 4.69. The lowest BCUT2D eigenvalue weighted by atomic mass is 9.99. The molecule has 1 saturated heterocycles. The number of nitro benzene ring substituents is 1. The fourth-order valence-corrected chi connectivity index (χ4v) is 3.48. The molecule has 1 aromatic carbocycles. The highest BCUT2D eigenvalue weighted by molar-refractivity contribution is 5.97. The van der Waals surface area contributed by atoms with Crippen molar-refractivity contribution in [3.05, 3.63) is 33.9 Å². The molecule has 0 spiro atoms. The number of aliphatic hydroxyl groups excluding tert-OH is 1. The first-order valence-corrected chi connectivity index (χ1v) is 7.99. The van der Waals surface area contributed by atoms with Crippen LogP contribution in [0.1, 0.15) is 18.4 Å². The van der Waals surface area contributed by atoms with Gasteiger partial charge in [-0.05, 0) is 43.4 Å². The summed E-state index contributed by atoms with van der Waals surface area (Å²) in [5.41, 5.74) is 1.72. The van der Waals surface area contributed by atoms with Gasteiger partial charge < -0.3 is 10.0 Å². The number of fused-ring (bicyclic) bond motifs is 1. The summed E-state index contributed by atoms with van der Waals surface area (Å²) in [5.74, 6) is 0.279. The van der Waals surface area contributed by atoms with Crippen molar-refractivity contribution in [2.45, 2.75) is 19.3 Å². The van der Waals surface area contributed by atoms with Gasteiger partial charge in [-0.2, -0.15) is 0 Å². The molecule has 2 aliphatic rings. The van der Waals surface area contributed by atoms with Crippen LogP contribution in [0.2, 0.25) is 0 Å². The predicted molar refractivity (Wildman–Crippen MR) is 85.4 cm³/mol. The Labute approximate surface area is 134 Å². The van der Waals surface area contributed by atoms with Gasteiger partial charge in [-0.15, -0.1) is 0 Å². The van der Waals surface area contributed by atoms with Crippen LogP contribution in [0.4, 0.5) is 11.4 Å². The molecule has 1 N–H and O–H groups in total. The van der Waals surface area contributed by atoms with Crippen molar-refractivity contribution in [3.8, 4) is 0 Å². The predicted octanol–water partition coefficient (Wildman–Crippen LogP) is 1.19. The van der Waals surface area contributed by atoms with Crippen molar-refractivity contribution < 1.29 is 14.8 Å². The number of carbonyl (C=O) groups excluding carboxylic acids is 1. The molecule has 1 unspecified atom stereocenters. The number of hydrogen-bond donors (Lipinski definition) is 1. The van der Waals surface area contributed by atoms with Crippen molar-refractivity contribution in [2.75, 3.05) is 37.7 Å². The Bertz CT molecular complexity index is 619. The number of amides is 1. The summed E-state index contributed by atoms with van der Waals surface area (Å²) in [5, 5.41) is 20.1. The maximum atomic E-state index is 12.6. The maximum Gasteiger partial charge on any atom is 0.269 e. The summed E-state index contributed by atoms with van der Waals surface area (Å²) in [7, 11) is 0. The lowest BCUT2D eigenvalue weighted by Gasteiger charge is -2.32. The van der Waals surface area contributed by atoms with Crippen LogP contribution in [0.25, 0.3) is 0 Å². The first-order valence-electron chi connectivity index (χ1n) is 7.99. The molecule has 1 aromatic rings. The number of anilines is 1. The van der Waals surface area contributed by atoms with E-state index < -0.39 is 4.92 Å². The molecule has 0 aliphatic carbocycles. The van der Waals surface area contributed by atoms with Crippen molar-refractivity contribution in [3.63, 3.8) is 0 Å². The van der Waals surface area contributed by atoms with Crippen LogP contribution >= 0.6 is 0 Å². The average Bonchev–Trinajstić information content (AvgIpc) is 2.98. The molecule has 0 bridgehead atoms. The van der Waals surface area contributed by atoms with Crippen LogP contribution in [0.5, 0.6) is 0 Å². The molecule has 7 heteroatoms. The molecule has 124 valence electrons. The number of piperidine rings is 1. The fourth-order valence-electron chi connectivity index (χ4n) is 3.48. The topological polar surface area (TPSA) is 86.9 Å². The number of non-ortho nitro benzene ring substituents is 1. The van der Waals surface area contributed by atoms with Crippen LogP contribution in [0.3, 0.4) is 0 Å². The van der Waals surface area contributed by atoms with Gasteiger partial charge in [-0.3, -0.25) is 19.8 Å². The summed E-state index contributed by atoms with van der Waals surface area (Å²) >= 11 is 0. The van der Waals surface area contributed by atoms with E-state index in [1.165, 1.54) is 6.07 Å². The third-order valence-corrected chi connectivity index (χ3v) is 4.69. The smallest absolute Gasteiger partial charge is 0.269 e. The molecule has 2 aliphatic heterocycles. The van der Waals surface area contributed by atoms with E-state index in [1.54, 1.807) is 17.0 Å². The Morgan fingerprint density at radius 1 is 1.39 bits per heavy atom. The molecule has 1 atom stereocenters. The van der Waals surface area contributed by atoms with Gasteiger partial charge in [0.15, 0.2) is 0 Å². The van der Waals surface area contributed by atoms with Gasteiger partial charge in [0.1, 0.15) is 0 Å². The van der Waals surface area contributed by atoms with Crippen molar-refractivity contribution in [2.24, 2.45) is 5.92 Å². The van der Waals surface area contributed by atoms with Gasteiger partial charge in [0, 0.05) is 37.5 Å². The standard InChI is InChI=1S/C16H21N3O4/c20-11-12-2-1-6-17(9-12)10-16(21)18-7-5-13-8-14(19(22)23)3-4-15(13)18/h3-4,8,12,20H,1-2,5-7,9-11H2. The minimum atomic E-state index is -0.409. The van der Waals surface area contributed by atoms with Gasteiger partial charge in [-0.25, -0.2) is 0 Å². The van der Waals surface area contributed by atoms with E-state index in [0.717, 1.165) is 37.2 Å². The van der Waals surface area contributed by atoms with Crippen molar-refractivity contribution in [1.29, 1.82) is 0 Å². The van der Waals surface area contributed by atoms with Crippen molar-refractivity contribution >= 4 is 17.3 Å². The van der Waals surface area contributed by atoms with Gasteiger partial charge in [-0.1, -0.05) is 0 Å². The average molecular weight is 319 g/mol. The lowest BCUT2D eigenvalue weighted by Crippen LogP contribution is -2.44.